The number of pyridine rings is 1. The van der Waals surface area contributed by atoms with E-state index in [1.165, 1.54) is 0 Å². The molecule has 0 spiro atoms. The van der Waals surface area contributed by atoms with E-state index in [1.807, 2.05) is 0 Å². The van der Waals surface area contributed by atoms with E-state index in [-0.39, 0.29) is 0 Å². The standard InChI is InChI=1S/C6H7BrClN3/c1-10-4-2-3(7)5(8)11-6(4)9/h2,10H,1H3,(H2,9,11). The Hall–Kier alpha value is -0.480. The van der Waals surface area contributed by atoms with Crippen molar-refractivity contribution >= 4 is 39.0 Å². The van der Waals surface area contributed by atoms with E-state index >= 15 is 0 Å². The summed E-state index contributed by atoms with van der Waals surface area (Å²) in [6, 6.07) is 1.78. The molecular formula is C6H7BrClN3. The molecule has 0 saturated carbocycles. The lowest BCUT2D eigenvalue weighted by atomic mass is 10.4. The molecule has 3 N–H and O–H groups in total. The number of halogens is 2. The van der Waals surface area contributed by atoms with Crippen LogP contribution in [0, 0.1) is 0 Å². The minimum absolute atomic E-state index is 0.376. The third-order valence-electron chi connectivity index (χ3n) is 1.23. The Kier molecular flexibility index (Phi) is 2.57. The second-order valence-electron chi connectivity index (χ2n) is 1.94. The van der Waals surface area contributed by atoms with Crippen LogP contribution in [0.1, 0.15) is 0 Å². The zero-order valence-corrected chi connectivity index (χ0v) is 8.20. The molecule has 0 aliphatic carbocycles. The number of nitrogens with two attached hydrogens (primary N) is 1. The molecule has 5 heteroatoms. The Morgan fingerprint density at radius 1 is 1.73 bits per heavy atom. The molecular weight excluding hydrogens is 229 g/mol. The van der Waals surface area contributed by atoms with Crippen LogP contribution >= 0.6 is 27.5 Å². The highest BCUT2D eigenvalue weighted by molar-refractivity contribution is 9.10. The normalized spacial score (nSPS) is 9.73. The molecule has 1 aromatic rings. The average molecular weight is 236 g/mol. The maximum absolute atomic E-state index is 5.68. The van der Waals surface area contributed by atoms with E-state index in [9.17, 15) is 0 Å². The Balaban J connectivity index is 3.21. The molecule has 0 aromatic carbocycles. The van der Waals surface area contributed by atoms with Gasteiger partial charge in [0.2, 0.25) is 0 Å². The van der Waals surface area contributed by atoms with Crippen molar-refractivity contribution in [2.75, 3.05) is 18.1 Å². The monoisotopic (exact) mass is 235 g/mol. The SMILES string of the molecule is CNc1cc(Br)c(Cl)nc1N. The molecule has 0 fully saturated rings. The van der Waals surface area contributed by atoms with Crippen LogP contribution < -0.4 is 11.1 Å². The molecule has 3 nitrogen and oxygen atoms in total. The summed E-state index contributed by atoms with van der Waals surface area (Å²) in [5.41, 5.74) is 6.29. The van der Waals surface area contributed by atoms with Gasteiger partial charge in [0.15, 0.2) is 0 Å². The number of aromatic nitrogens is 1. The Morgan fingerprint density at radius 2 is 2.36 bits per heavy atom. The van der Waals surface area contributed by atoms with E-state index in [4.69, 9.17) is 17.3 Å². The maximum atomic E-state index is 5.68. The lowest BCUT2D eigenvalue weighted by molar-refractivity contribution is 1.30. The van der Waals surface area contributed by atoms with Gasteiger partial charge >= 0.3 is 0 Å². The number of nitrogens with zero attached hydrogens (tertiary/aromatic N) is 1. The second kappa shape index (κ2) is 3.28. The fraction of sp³-hybridized carbons (Fsp3) is 0.167. The molecule has 0 aliphatic heterocycles. The van der Waals surface area contributed by atoms with Crippen molar-refractivity contribution in [3.63, 3.8) is 0 Å². The minimum atomic E-state index is 0.376. The molecule has 0 radical (unpaired) electrons. The predicted octanol–water partition coefficient (Wildman–Crippen LogP) is 2.12. The Morgan fingerprint density at radius 3 is 2.91 bits per heavy atom. The van der Waals surface area contributed by atoms with Crippen LogP contribution in [-0.2, 0) is 0 Å². The topological polar surface area (TPSA) is 50.9 Å². The van der Waals surface area contributed by atoms with Gasteiger partial charge in [0.25, 0.3) is 0 Å². The van der Waals surface area contributed by atoms with Gasteiger partial charge in [-0.25, -0.2) is 4.98 Å². The first-order valence-electron chi connectivity index (χ1n) is 2.94. The number of anilines is 2. The molecule has 0 aliphatic rings. The van der Waals surface area contributed by atoms with Crippen LogP contribution in [0.4, 0.5) is 11.5 Å². The minimum Gasteiger partial charge on any atom is -0.385 e. The molecule has 0 amide bonds. The first kappa shape index (κ1) is 8.62. The summed E-state index contributed by atoms with van der Waals surface area (Å²) in [6.07, 6.45) is 0. The van der Waals surface area contributed by atoms with Gasteiger partial charge in [0.1, 0.15) is 11.0 Å². The zero-order chi connectivity index (χ0) is 8.43. The summed E-state index contributed by atoms with van der Waals surface area (Å²) >= 11 is 8.91. The zero-order valence-electron chi connectivity index (χ0n) is 5.86. The van der Waals surface area contributed by atoms with Crippen molar-refractivity contribution in [2.24, 2.45) is 0 Å². The van der Waals surface area contributed by atoms with Crippen LogP contribution in [0.25, 0.3) is 0 Å². The molecule has 1 aromatic heterocycles. The number of nitrogens with one attached hydrogen (secondary N) is 1. The predicted molar refractivity (Wildman–Crippen MR) is 50.9 cm³/mol. The fourth-order valence-electron chi connectivity index (χ4n) is 0.680. The Bertz CT molecular complexity index is 277. The van der Waals surface area contributed by atoms with E-state index in [0.717, 1.165) is 10.2 Å². The van der Waals surface area contributed by atoms with Gasteiger partial charge in [-0.3, -0.25) is 0 Å². The van der Waals surface area contributed by atoms with Crippen LogP contribution in [0.2, 0.25) is 5.15 Å². The lowest BCUT2D eigenvalue weighted by Crippen LogP contribution is -1.98. The summed E-state index contributed by atoms with van der Waals surface area (Å²) in [4.78, 5) is 3.88. The van der Waals surface area contributed by atoms with Gasteiger partial charge < -0.3 is 11.1 Å². The smallest absolute Gasteiger partial charge is 0.148 e. The summed E-state index contributed by atoms with van der Waals surface area (Å²) in [7, 11) is 1.77. The van der Waals surface area contributed by atoms with Crippen molar-refractivity contribution in [2.45, 2.75) is 0 Å². The highest BCUT2D eigenvalue weighted by atomic mass is 79.9. The average Bonchev–Trinajstić information content (AvgIpc) is 1.97. The first-order valence-corrected chi connectivity index (χ1v) is 4.11. The molecule has 1 rings (SSSR count). The van der Waals surface area contributed by atoms with E-state index in [1.54, 1.807) is 13.1 Å². The quantitative estimate of drug-likeness (QED) is 0.735. The number of hydrogen-bond acceptors (Lipinski definition) is 3. The maximum Gasteiger partial charge on any atom is 0.148 e. The van der Waals surface area contributed by atoms with Gasteiger partial charge in [-0.05, 0) is 22.0 Å². The molecule has 11 heavy (non-hydrogen) atoms. The van der Waals surface area contributed by atoms with Crippen LogP contribution in [0.3, 0.4) is 0 Å². The second-order valence-corrected chi connectivity index (χ2v) is 3.16. The molecule has 0 bridgehead atoms. The van der Waals surface area contributed by atoms with Crippen LogP contribution in [0.5, 0.6) is 0 Å². The largest absolute Gasteiger partial charge is 0.385 e. The van der Waals surface area contributed by atoms with Crippen molar-refractivity contribution in [1.82, 2.24) is 4.98 Å². The summed E-state index contributed by atoms with van der Waals surface area (Å²) in [6.45, 7) is 0. The van der Waals surface area contributed by atoms with Gasteiger partial charge in [-0.2, -0.15) is 0 Å². The molecule has 0 atom stereocenters. The highest BCUT2D eigenvalue weighted by Crippen LogP contribution is 2.26. The lowest BCUT2D eigenvalue weighted by Gasteiger charge is -2.04. The van der Waals surface area contributed by atoms with E-state index in [0.29, 0.717) is 11.0 Å². The molecule has 0 unspecified atom stereocenters. The van der Waals surface area contributed by atoms with E-state index < -0.39 is 0 Å². The molecule has 0 saturated heterocycles. The third kappa shape index (κ3) is 1.75. The van der Waals surface area contributed by atoms with Crippen molar-refractivity contribution < 1.29 is 0 Å². The van der Waals surface area contributed by atoms with Gasteiger partial charge in [0.05, 0.1) is 10.2 Å². The van der Waals surface area contributed by atoms with Crippen LogP contribution in [0.15, 0.2) is 10.5 Å². The summed E-state index contributed by atoms with van der Waals surface area (Å²) in [5, 5.41) is 3.26. The van der Waals surface area contributed by atoms with Crippen LogP contribution in [-0.4, -0.2) is 12.0 Å². The number of hydrogen-bond donors (Lipinski definition) is 2. The highest BCUT2D eigenvalue weighted by Gasteiger charge is 2.03. The van der Waals surface area contributed by atoms with Gasteiger partial charge in [-0.1, -0.05) is 11.6 Å². The molecule has 1 heterocycles. The fourth-order valence-corrected chi connectivity index (χ4v) is 1.14. The summed E-state index contributed by atoms with van der Waals surface area (Å²) < 4.78 is 0.734. The number of nitrogen functional groups attached to an aromatic ring is 1. The van der Waals surface area contributed by atoms with Crippen molar-refractivity contribution in [3.8, 4) is 0 Å². The van der Waals surface area contributed by atoms with Gasteiger partial charge in [-0.15, -0.1) is 0 Å². The Labute approximate surface area is 78.1 Å². The molecule has 60 valence electrons. The van der Waals surface area contributed by atoms with E-state index in [2.05, 4.69) is 26.2 Å². The van der Waals surface area contributed by atoms with Crippen molar-refractivity contribution in [3.05, 3.63) is 15.7 Å². The van der Waals surface area contributed by atoms with Crippen molar-refractivity contribution in [1.29, 1.82) is 0 Å². The number of rotatable bonds is 1. The summed E-state index contributed by atoms with van der Waals surface area (Å²) in [5.74, 6) is 0.403. The third-order valence-corrected chi connectivity index (χ3v) is 2.35. The first-order chi connectivity index (χ1) is 5.15. The van der Waals surface area contributed by atoms with Gasteiger partial charge in [0, 0.05) is 7.05 Å².